The van der Waals surface area contributed by atoms with Gasteiger partial charge in [-0.15, -0.1) is 0 Å². The average molecular weight is 330 g/mol. The molecule has 1 aromatic carbocycles. The highest BCUT2D eigenvalue weighted by molar-refractivity contribution is 7.84. The first-order chi connectivity index (χ1) is 9.95. The van der Waals surface area contributed by atoms with Crippen LogP contribution in [0.3, 0.4) is 0 Å². The molecule has 0 aliphatic heterocycles. The molecule has 1 N–H and O–H groups in total. The molecule has 0 saturated heterocycles. The maximum absolute atomic E-state index is 13.1. The lowest BCUT2D eigenvalue weighted by Crippen LogP contribution is -2.21. The summed E-state index contributed by atoms with van der Waals surface area (Å²) in [6, 6.07) is 8.11. The molecule has 1 heterocycles. The molecule has 0 spiro atoms. The third-order valence-corrected chi connectivity index (χ3v) is 4.45. The van der Waals surface area contributed by atoms with Crippen molar-refractivity contribution in [3.63, 3.8) is 0 Å². The Morgan fingerprint density at radius 3 is 2.67 bits per heavy atom. The van der Waals surface area contributed by atoms with Gasteiger partial charge in [-0.1, -0.05) is 25.4 Å². The van der Waals surface area contributed by atoms with Crippen molar-refractivity contribution in [2.24, 2.45) is 0 Å². The number of benzene rings is 1. The van der Waals surface area contributed by atoms with Crippen LogP contribution < -0.4 is 5.32 Å². The van der Waals surface area contributed by atoms with Crippen LogP contribution in [0.15, 0.2) is 39.6 Å². The summed E-state index contributed by atoms with van der Waals surface area (Å²) in [5.41, 5.74) is 0. The van der Waals surface area contributed by atoms with Gasteiger partial charge in [0.25, 0.3) is 0 Å². The Labute approximate surface area is 131 Å². The van der Waals surface area contributed by atoms with E-state index in [1.54, 1.807) is 6.07 Å². The van der Waals surface area contributed by atoms with E-state index in [0.29, 0.717) is 23.2 Å². The van der Waals surface area contributed by atoms with E-state index in [0.717, 1.165) is 5.76 Å². The average Bonchev–Trinajstić information content (AvgIpc) is 2.87. The molecule has 0 aliphatic rings. The minimum Gasteiger partial charge on any atom is -0.464 e. The summed E-state index contributed by atoms with van der Waals surface area (Å²) >= 11 is 5.69. The van der Waals surface area contributed by atoms with Crippen LogP contribution >= 0.6 is 11.6 Å². The Morgan fingerprint density at radius 2 is 2.00 bits per heavy atom. The van der Waals surface area contributed by atoms with Crippen molar-refractivity contribution < 1.29 is 13.0 Å². The highest BCUT2D eigenvalue weighted by Gasteiger charge is 2.11. The lowest BCUT2D eigenvalue weighted by molar-refractivity contribution is 0.445. The van der Waals surface area contributed by atoms with Gasteiger partial charge in [-0.3, -0.25) is 4.21 Å². The summed E-state index contributed by atoms with van der Waals surface area (Å²) in [7, 11) is -1.32. The van der Waals surface area contributed by atoms with Crippen LogP contribution in [0.4, 0.5) is 4.39 Å². The maximum Gasteiger partial charge on any atom is 0.141 e. The predicted molar refractivity (Wildman–Crippen MR) is 82.2 cm³/mol. The SMILES string of the molecule is CC(C)NCc1ccc(CS(=O)c2ccc(F)c(Cl)c2)o1. The number of rotatable bonds is 6. The monoisotopic (exact) mass is 329 g/mol. The van der Waals surface area contributed by atoms with Crippen molar-refractivity contribution in [3.05, 3.63) is 52.7 Å². The molecule has 1 aromatic heterocycles. The van der Waals surface area contributed by atoms with E-state index >= 15 is 0 Å². The number of nitrogens with one attached hydrogen (secondary N) is 1. The fraction of sp³-hybridized carbons (Fsp3) is 0.333. The molecule has 2 rings (SSSR count). The molecule has 114 valence electrons. The van der Waals surface area contributed by atoms with Gasteiger partial charge in [0, 0.05) is 10.9 Å². The normalized spacial score (nSPS) is 12.8. The van der Waals surface area contributed by atoms with Crippen molar-refractivity contribution >= 4 is 22.4 Å². The topological polar surface area (TPSA) is 42.2 Å². The molecule has 0 fully saturated rings. The third-order valence-electron chi connectivity index (χ3n) is 2.83. The molecule has 6 heteroatoms. The lowest BCUT2D eigenvalue weighted by atomic mass is 10.3. The minimum absolute atomic E-state index is 0.0258. The summed E-state index contributed by atoms with van der Waals surface area (Å²) in [5, 5.41) is 3.22. The van der Waals surface area contributed by atoms with E-state index in [-0.39, 0.29) is 10.8 Å². The second-order valence-electron chi connectivity index (χ2n) is 4.97. The number of halogens is 2. The van der Waals surface area contributed by atoms with Crippen LogP contribution in [-0.4, -0.2) is 10.3 Å². The van der Waals surface area contributed by atoms with Gasteiger partial charge in [0.2, 0.25) is 0 Å². The van der Waals surface area contributed by atoms with Crippen molar-refractivity contribution in [3.8, 4) is 0 Å². The summed E-state index contributed by atoms with van der Waals surface area (Å²) < 4.78 is 30.9. The Balaban J connectivity index is 2.00. The van der Waals surface area contributed by atoms with Gasteiger partial charge in [0.15, 0.2) is 0 Å². The first-order valence-electron chi connectivity index (χ1n) is 6.60. The standard InChI is InChI=1S/C15H17ClFNO2S/c1-10(2)18-8-11-3-4-12(20-11)9-21(19)13-5-6-15(17)14(16)7-13/h3-7,10,18H,8-9H2,1-2H3. The Kier molecular flexibility index (Phi) is 5.56. The minimum atomic E-state index is -1.32. The second-order valence-corrected chi connectivity index (χ2v) is 6.83. The zero-order valence-electron chi connectivity index (χ0n) is 11.9. The summed E-state index contributed by atoms with van der Waals surface area (Å²) in [6.45, 7) is 4.74. The number of hydrogen-bond acceptors (Lipinski definition) is 3. The molecular formula is C15H17ClFNO2S. The molecule has 3 nitrogen and oxygen atoms in total. The van der Waals surface area contributed by atoms with Gasteiger partial charge in [0.1, 0.15) is 17.3 Å². The molecule has 0 amide bonds. The van der Waals surface area contributed by atoms with Gasteiger partial charge in [-0.25, -0.2) is 4.39 Å². The van der Waals surface area contributed by atoms with Crippen LogP contribution in [0, 0.1) is 5.82 Å². The van der Waals surface area contributed by atoms with E-state index in [1.807, 2.05) is 6.07 Å². The van der Waals surface area contributed by atoms with Crippen LogP contribution in [0.2, 0.25) is 5.02 Å². The zero-order valence-corrected chi connectivity index (χ0v) is 13.4. The highest BCUT2D eigenvalue weighted by atomic mass is 35.5. The quantitative estimate of drug-likeness (QED) is 0.874. The molecule has 0 radical (unpaired) electrons. The smallest absolute Gasteiger partial charge is 0.141 e. The first-order valence-corrected chi connectivity index (χ1v) is 8.30. The zero-order chi connectivity index (χ0) is 15.4. The molecule has 1 unspecified atom stereocenters. The molecular weight excluding hydrogens is 313 g/mol. The Morgan fingerprint density at radius 1 is 1.29 bits per heavy atom. The Bertz CT molecular complexity index is 642. The Hall–Kier alpha value is -1.17. The molecule has 0 saturated carbocycles. The predicted octanol–water partition coefficient (Wildman–Crippen LogP) is 3.88. The molecule has 2 aromatic rings. The van der Waals surface area contributed by atoms with Crippen LogP contribution in [-0.2, 0) is 23.1 Å². The lowest BCUT2D eigenvalue weighted by Gasteiger charge is -2.05. The third kappa shape index (κ3) is 4.66. The summed E-state index contributed by atoms with van der Waals surface area (Å²) in [4.78, 5) is 0.486. The van der Waals surface area contributed by atoms with E-state index < -0.39 is 16.6 Å². The van der Waals surface area contributed by atoms with Crippen LogP contribution in [0.25, 0.3) is 0 Å². The van der Waals surface area contributed by atoms with Crippen molar-refractivity contribution in [2.45, 2.75) is 37.1 Å². The first kappa shape index (κ1) is 16.2. The maximum atomic E-state index is 13.1. The van der Waals surface area contributed by atoms with E-state index in [2.05, 4.69) is 19.2 Å². The van der Waals surface area contributed by atoms with Crippen LogP contribution in [0.5, 0.6) is 0 Å². The van der Waals surface area contributed by atoms with Gasteiger partial charge in [0.05, 0.1) is 28.1 Å². The summed E-state index contributed by atoms with van der Waals surface area (Å²) in [6.07, 6.45) is 0. The van der Waals surface area contributed by atoms with Gasteiger partial charge < -0.3 is 9.73 Å². The second kappa shape index (κ2) is 7.20. The largest absolute Gasteiger partial charge is 0.464 e. The number of furan rings is 1. The van der Waals surface area contributed by atoms with E-state index in [9.17, 15) is 8.60 Å². The molecule has 1 atom stereocenters. The molecule has 21 heavy (non-hydrogen) atoms. The molecule has 0 aliphatic carbocycles. The van der Waals surface area contributed by atoms with Gasteiger partial charge in [-0.2, -0.15) is 0 Å². The summed E-state index contributed by atoms with van der Waals surface area (Å²) in [5.74, 6) is 1.16. The fourth-order valence-corrected chi connectivity index (χ4v) is 3.03. The van der Waals surface area contributed by atoms with E-state index in [4.69, 9.17) is 16.0 Å². The molecule has 0 bridgehead atoms. The van der Waals surface area contributed by atoms with Crippen LogP contribution in [0.1, 0.15) is 25.4 Å². The number of hydrogen-bond donors (Lipinski definition) is 1. The van der Waals surface area contributed by atoms with Crippen molar-refractivity contribution in [1.29, 1.82) is 0 Å². The van der Waals surface area contributed by atoms with Crippen molar-refractivity contribution in [2.75, 3.05) is 0 Å². The van der Waals surface area contributed by atoms with Gasteiger partial charge in [-0.05, 0) is 30.3 Å². The highest BCUT2D eigenvalue weighted by Crippen LogP contribution is 2.21. The fourth-order valence-electron chi connectivity index (χ4n) is 1.73. The van der Waals surface area contributed by atoms with Gasteiger partial charge >= 0.3 is 0 Å². The van der Waals surface area contributed by atoms with Crippen molar-refractivity contribution in [1.82, 2.24) is 5.32 Å². The van der Waals surface area contributed by atoms with E-state index in [1.165, 1.54) is 18.2 Å².